The van der Waals surface area contributed by atoms with Crippen molar-refractivity contribution in [2.45, 2.75) is 30.6 Å². The van der Waals surface area contributed by atoms with Crippen LogP contribution in [0.5, 0.6) is 0 Å². The molecule has 4 heteroatoms. The van der Waals surface area contributed by atoms with Crippen LogP contribution in [0.15, 0.2) is 24.3 Å². The van der Waals surface area contributed by atoms with Crippen molar-refractivity contribution >= 4 is 23.4 Å². The van der Waals surface area contributed by atoms with Crippen molar-refractivity contribution in [1.29, 1.82) is 0 Å². The summed E-state index contributed by atoms with van der Waals surface area (Å²) in [6, 6.07) is 8.25. The molecule has 2 rings (SSSR count). The number of carbonyl (C=O) groups is 1. The van der Waals surface area contributed by atoms with Crippen LogP contribution in [-0.4, -0.2) is 49.5 Å². The highest BCUT2D eigenvalue weighted by Gasteiger charge is 2.29. The zero-order valence-corrected chi connectivity index (χ0v) is 13.6. The normalized spacial score (nSPS) is 21.8. The molecule has 1 aliphatic rings. The molecule has 2 unspecified atom stereocenters. The Kier molecular flexibility index (Phi) is 4.97. The van der Waals surface area contributed by atoms with Crippen molar-refractivity contribution in [1.82, 2.24) is 4.90 Å². The second-order valence-electron chi connectivity index (χ2n) is 5.69. The van der Waals surface area contributed by atoms with Gasteiger partial charge in [0.25, 0.3) is 5.91 Å². The van der Waals surface area contributed by atoms with Crippen molar-refractivity contribution in [2.75, 3.05) is 32.3 Å². The summed E-state index contributed by atoms with van der Waals surface area (Å²) in [7, 11) is 5.93. The van der Waals surface area contributed by atoms with E-state index in [-0.39, 0.29) is 5.91 Å². The summed E-state index contributed by atoms with van der Waals surface area (Å²) in [5.74, 6) is 0.139. The van der Waals surface area contributed by atoms with Gasteiger partial charge in [0.1, 0.15) is 0 Å². The van der Waals surface area contributed by atoms with E-state index in [1.807, 2.05) is 67.0 Å². The molecule has 0 spiro atoms. The molecule has 1 aromatic carbocycles. The molecule has 0 radical (unpaired) electrons. The predicted molar refractivity (Wildman–Crippen MR) is 87.8 cm³/mol. The van der Waals surface area contributed by atoms with Crippen molar-refractivity contribution in [3.05, 3.63) is 29.8 Å². The maximum absolute atomic E-state index is 12.6. The number of amides is 1. The largest absolute Gasteiger partial charge is 0.378 e. The fourth-order valence-electron chi connectivity index (χ4n) is 2.77. The van der Waals surface area contributed by atoms with Crippen molar-refractivity contribution in [3.8, 4) is 0 Å². The first kappa shape index (κ1) is 15.2. The molecule has 1 amide bonds. The second-order valence-corrected chi connectivity index (χ2v) is 6.82. The average molecular weight is 292 g/mol. The van der Waals surface area contributed by atoms with Gasteiger partial charge in [-0.15, -0.1) is 0 Å². The molecule has 0 bridgehead atoms. The maximum atomic E-state index is 12.6. The lowest BCUT2D eigenvalue weighted by atomic mass is 10.1. The molecule has 0 heterocycles. The van der Waals surface area contributed by atoms with Gasteiger partial charge < -0.3 is 9.80 Å². The van der Waals surface area contributed by atoms with E-state index in [0.717, 1.165) is 24.1 Å². The van der Waals surface area contributed by atoms with Crippen molar-refractivity contribution in [3.63, 3.8) is 0 Å². The molecule has 1 aliphatic carbocycles. The van der Waals surface area contributed by atoms with Crippen LogP contribution >= 0.6 is 11.8 Å². The Morgan fingerprint density at radius 2 is 2.00 bits per heavy atom. The smallest absolute Gasteiger partial charge is 0.253 e. The second kappa shape index (κ2) is 6.53. The van der Waals surface area contributed by atoms with E-state index >= 15 is 0 Å². The van der Waals surface area contributed by atoms with E-state index < -0.39 is 0 Å². The number of benzene rings is 1. The molecule has 2 atom stereocenters. The number of rotatable bonds is 4. The number of thioether (sulfide) groups is 1. The van der Waals surface area contributed by atoms with Crippen molar-refractivity contribution < 1.29 is 4.79 Å². The van der Waals surface area contributed by atoms with Gasteiger partial charge in [0, 0.05) is 43.7 Å². The zero-order chi connectivity index (χ0) is 14.7. The minimum atomic E-state index is 0.139. The lowest BCUT2D eigenvalue weighted by molar-refractivity contribution is 0.0735. The van der Waals surface area contributed by atoms with Crippen LogP contribution in [-0.2, 0) is 0 Å². The van der Waals surface area contributed by atoms with Gasteiger partial charge >= 0.3 is 0 Å². The Morgan fingerprint density at radius 3 is 2.60 bits per heavy atom. The predicted octanol–water partition coefficient (Wildman–Crippen LogP) is 3.11. The van der Waals surface area contributed by atoms with E-state index in [2.05, 4.69) is 6.26 Å². The topological polar surface area (TPSA) is 23.6 Å². The Labute approximate surface area is 126 Å². The number of hydrogen-bond acceptors (Lipinski definition) is 3. The third kappa shape index (κ3) is 3.29. The quantitative estimate of drug-likeness (QED) is 0.852. The van der Waals surface area contributed by atoms with E-state index in [4.69, 9.17) is 0 Å². The summed E-state index contributed by atoms with van der Waals surface area (Å²) < 4.78 is 0. The van der Waals surface area contributed by atoms with Crippen LogP contribution in [0.3, 0.4) is 0 Å². The van der Waals surface area contributed by atoms with Gasteiger partial charge in [-0.05, 0) is 43.7 Å². The monoisotopic (exact) mass is 292 g/mol. The standard InChI is InChI=1S/C16H24N2OS/c1-17(2)13-7-5-6-12(10-13)16(19)18(3)14-8-9-15(11-14)20-4/h5-7,10,14-15H,8-9,11H2,1-4H3. The molecule has 1 saturated carbocycles. The van der Waals surface area contributed by atoms with E-state index in [1.165, 1.54) is 6.42 Å². The summed E-state index contributed by atoms with van der Waals surface area (Å²) in [6.07, 6.45) is 5.63. The van der Waals surface area contributed by atoms with E-state index in [0.29, 0.717) is 11.3 Å². The van der Waals surface area contributed by atoms with E-state index in [9.17, 15) is 4.79 Å². The van der Waals surface area contributed by atoms with Gasteiger partial charge in [0.15, 0.2) is 0 Å². The summed E-state index contributed by atoms with van der Waals surface area (Å²) in [5, 5.41) is 0.711. The van der Waals surface area contributed by atoms with Gasteiger partial charge in [-0.1, -0.05) is 6.07 Å². The number of nitrogens with zero attached hydrogens (tertiary/aromatic N) is 2. The number of hydrogen-bond donors (Lipinski definition) is 0. The highest BCUT2D eigenvalue weighted by molar-refractivity contribution is 7.99. The van der Waals surface area contributed by atoms with Gasteiger partial charge in [0.05, 0.1) is 0 Å². The molecule has 3 nitrogen and oxygen atoms in total. The summed E-state index contributed by atoms with van der Waals surface area (Å²) in [6.45, 7) is 0. The van der Waals surface area contributed by atoms with Crippen LogP contribution in [0.4, 0.5) is 5.69 Å². The minimum Gasteiger partial charge on any atom is -0.378 e. The SMILES string of the molecule is CSC1CCC(N(C)C(=O)c2cccc(N(C)C)c2)C1. The van der Waals surface area contributed by atoms with Crippen LogP contribution in [0.2, 0.25) is 0 Å². The lowest BCUT2D eigenvalue weighted by Gasteiger charge is -2.25. The molecule has 110 valence electrons. The molecule has 1 fully saturated rings. The summed E-state index contributed by atoms with van der Waals surface area (Å²) in [4.78, 5) is 16.6. The molecule has 0 N–H and O–H groups in total. The number of carbonyl (C=O) groups excluding carboxylic acids is 1. The van der Waals surface area contributed by atoms with Gasteiger partial charge in [0.2, 0.25) is 0 Å². The molecular weight excluding hydrogens is 268 g/mol. The molecule has 0 aromatic heterocycles. The Morgan fingerprint density at radius 1 is 1.25 bits per heavy atom. The molecule has 20 heavy (non-hydrogen) atoms. The Balaban J connectivity index is 2.09. The van der Waals surface area contributed by atoms with Crippen LogP contribution < -0.4 is 4.90 Å². The van der Waals surface area contributed by atoms with Gasteiger partial charge in [-0.2, -0.15) is 11.8 Å². The van der Waals surface area contributed by atoms with Crippen LogP contribution in [0, 0.1) is 0 Å². The average Bonchev–Trinajstić information content (AvgIpc) is 2.94. The molecule has 0 saturated heterocycles. The number of anilines is 1. The molecule has 1 aromatic rings. The lowest BCUT2D eigenvalue weighted by Crippen LogP contribution is -2.35. The molecular formula is C16H24N2OS. The molecule has 0 aliphatic heterocycles. The first-order chi connectivity index (χ1) is 9.52. The summed E-state index contributed by atoms with van der Waals surface area (Å²) >= 11 is 1.92. The third-order valence-electron chi connectivity index (χ3n) is 4.17. The first-order valence-electron chi connectivity index (χ1n) is 7.10. The minimum absolute atomic E-state index is 0.139. The third-order valence-corrected chi connectivity index (χ3v) is 5.26. The highest BCUT2D eigenvalue weighted by Crippen LogP contribution is 2.31. The zero-order valence-electron chi connectivity index (χ0n) is 12.8. The fourth-order valence-corrected chi connectivity index (χ4v) is 3.56. The van der Waals surface area contributed by atoms with Crippen LogP contribution in [0.1, 0.15) is 29.6 Å². The fraction of sp³-hybridized carbons (Fsp3) is 0.562. The van der Waals surface area contributed by atoms with Crippen molar-refractivity contribution in [2.24, 2.45) is 0 Å². The highest BCUT2D eigenvalue weighted by atomic mass is 32.2. The summed E-state index contributed by atoms with van der Waals surface area (Å²) in [5.41, 5.74) is 1.85. The Hall–Kier alpha value is -1.16. The Bertz CT molecular complexity index is 475. The van der Waals surface area contributed by atoms with E-state index in [1.54, 1.807) is 0 Å². The maximum Gasteiger partial charge on any atom is 0.253 e. The first-order valence-corrected chi connectivity index (χ1v) is 8.39. The van der Waals surface area contributed by atoms with Crippen LogP contribution in [0.25, 0.3) is 0 Å². The van der Waals surface area contributed by atoms with Gasteiger partial charge in [-0.3, -0.25) is 4.79 Å². The van der Waals surface area contributed by atoms with Gasteiger partial charge in [-0.25, -0.2) is 0 Å².